The lowest BCUT2D eigenvalue weighted by Crippen LogP contribution is -2.12. The van der Waals surface area contributed by atoms with Gasteiger partial charge in [0.05, 0.1) is 28.5 Å². The molecule has 8 amide bonds. The van der Waals surface area contributed by atoms with Gasteiger partial charge in [0.1, 0.15) is 16.7 Å². The number of para-hydroxylation sites is 11. The lowest BCUT2D eigenvalue weighted by Gasteiger charge is -2.10. The number of amides is 8. The number of carbonyl (C=O) groups is 8. The van der Waals surface area contributed by atoms with Gasteiger partial charge in [-0.1, -0.05) is 273 Å². The van der Waals surface area contributed by atoms with Crippen molar-refractivity contribution in [2.75, 3.05) is 42.5 Å². The second-order valence-corrected chi connectivity index (χ2v) is 34.9. The molecule has 0 fully saturated rings. The van der Waals surface area contributed by atoms with Gasteiger partial charge in [0.15, 0.2) is 34.6 Å². The van der Waals surface area contributed by atoms with Crippen LogP contribution in [0, 0.1) is 62.3 Å². The molecule has 0 saturated carbocycles. The minimum absolute atomic E-state index is 0.0348. The molecule has 724 valence electrons. The van der Waals surface area contributed by atoms with Crippen LogP contribution in [0.2, 0.25) is 0 Å². The summed E-state index contributed by atoms with van der Waals surface area (Å²) < 4.78 is 31.9. The monoisotopic (exact) mass is 1960 g/mol. The van der Waals surface area contributed by atoms with Crippen LogP contribution in [0.5, 0.6) is 0 Å². The summed E-state index contributed by atoms with van der Waals surface area (Å²) in [5.74, 6) is 0.409. The van der Waals surface area contributed by atoms with E-state index >= 15 is 0 Å². The average Bonchev–Trinajstić information content (AvgIpc) is 1.69. The Morgan fingerprint density at radius 3 is 0.738 bits per heavy atom. The molecule has 21 rings (SSSR count). The number of benzene rings is 13. The van der Waals surface area contributed by atoms with E-state index < -0.39 is 0 Å². The molecule has 24 heteroatoms. The van der Waals surface area contributed by atoms with Crippen LogP contribution >= 0.6 is 22.7 Å². The summed E-state index contributed by atoms with van der Waals surface area (Å²) in [7, 11) is 0. The standard InChI is InChI=1S/C21H15NO2.C17H15NO2.C17H13NO2.C16H13NO2.C13H13NO2.C13H13NOS.C12H11NO2.C12H11NOS/c23-21(20-14-16-10-4-7-13-19(16)24-20)22-18-12-6-5-11-17(18)15-8-2-1-3-9-15;1-11-6-5-7-12(2)16(11)18-17(19)15-10-13-8-3-4-9-14(13)20-15;19-17(16-11-6-12-20-16)18-15-10-5-4-9-14(15)13-7-2-1-3-8-13;1-11-6-2-4-8-13(11)17-16(18)15-10-12-7-3-5-9-14(12)19-15;2*1-9-5-3-6-10(2)12(9)14-13(15)11-7-4-8-16-11;2*1-9-5-2-3-6-10(9)13-12(14)11-7-4-8-15-11/h1-14H,(H,22,23);3-10H,1-2H3,(H,18,19);1-12H,(H,18,19);2-10H,1H3,(H,17,18);2*3-8H,1-2H3,(H,14,15);2*2-8H,1H3,(H,13,14). The van der Waals surface area contributed by atoms with Crippen LogP contribution < -0.4 is 42.5 Å². The van der Waals surface area contributed by atoms with Gasteiger partial charge in [-0.25, -0.2) is 0 Å². The number of anilines is 8. The summed E-state index contributed by atoms with van der Waals surface area (Å²) in [6.45, 7) is 17.7. The van der Waals surface area contributed by atoms with Gasteiger partial charge in [-0.05, 0) is 250 Å². The zero-order chi connectivity index (χ0) is 102. The van der Waals surface area contributed by atoms with Crippen molar-refractivity contribution in [1.82, 2.24) is 0 Å². The van der Waals surface area contributed by atoms with Crippen molar-refractivity contribution in [2.24, 2.45) is 0 Å². The van der Waals surface area contributed by atoms with E-state index in [1.54, 1.807) is 54.6 Å². The van der Waals surface area contributed by atoms with Gasteiger partial charge in [-0.2, -0.15) is 0 Å². The van der Waals surface area contributed by atoms with E-state index in [2.05, 4.69) is 42.5 Å². The molecule has 8 heterocycles. The highest BCUT2D eigenvalue weighted by molar-refractivity contribution is 7.12. The van der Waals surface area contributed by atoms with E-state index in [0.29, 0.717) is 40.1 Å². The second kappa shape index (κ2) is 50.9. The summed E-state index contributed by atoms with van der Waals surface area (Å²) in [4.78, 5) is 97.5. The molecule has 0 bridgehead atoms. The quantitative estimate of drug-likeness (QED) is 0.0396. The maximum absolute atomic E-state index is 12.6. The number of rotatable bonds is 18. The number of furan rings is 6. The van der Waals surface area contributed by atoms with Crippen molar-refractivity contribution >= 4 is 148 Å². The summed E-state index contributed by atoms with van der Waals surface area (Å²) in [6.07, 6.45) is 4.45. The number of fused-ring (bicyclic) bond motifs is 3. The molecule has 0 unspecified atom stereocenters. The predicted octanol–water partition coefficient (Wildman–Crippen LogP) is 30.8. The van der Waals surface area contributed by atoms with Gasteiger partial charge in [-0.3, -0.25) is 38.4 Å². The number of hydrogen-bond acceptors (Lipinski definition) is 16. The molecule has 8 N–H and O–H groups in total. The Morgan fingerprint density at radius 1 is 0.200 bits per heavy atom. The van der Waals surface area contributed by atoms with Gasteiger partial charge in [0.25, 0.3) is 47.3 Å². The molecular weight excluding hydrogens is 1850 g/mol. The van der Waals surface area contributed by atoms with E-state index in [-0.39, 0.29) is 47.3 Å². The Morgan fingerprint density at radius 2 is 0.441 bits per heavy atom. The molecule has 21 aromatic rings. The molecule has 0 aliphatic carbocycles. The molecular formula is C121H104N8O14S2. The first kappa shape index (κ1) is 102. The lowest BCUT2D eigenvalue weighted by molar-refractivity contribution is 0.0989. The highest BCUT2D eigenvalue weighted by Crippen LogP contribution is 2.33. The van der Waals surface area contributed by atoms with Gasteiger partial charge >= 0.3 is 0 Å². The van der Waals surface area contributed by atoms with Gasteiger partial charge in [0.2, 0.25) is 0 Å². The minimum atomic E-state index is -0.255. The number of aryl methyl sites for hydroxylation is 9. The van der Waals surface area contributed by atoms with Crippen LogP contribution in [-0.2, 0) is 0 Å². The van der Waals surface area contributed by atoms with E-state index in [1.807, 2.05) is 407 Å². The minimum Gasteiger partial charge on any atom is -0.459 e. The van der Waals surface area contributed by atoms with Crippen molar-refractivity contribution in [1.29, 1.82) is 0 Å². The Kier molecular flexibility index (Phi) is 35.9. The van der Waals surface area contributed by atoms with Gasteiger partial charge in [-0.15, -0.1) is 22.7 Å². The Bertz CT molecular complexity index is 7580. The molecule has 0 aliphatic heterocycles. The van der Waals surface area contributed by atoms with Crippen molar-refractivity contribution in [3.05, 3.63) is 512 Å². The van der Waals surface area contributed by atoms with Crippen LogP contribution in [0.15, 0.2) is 444 Å². The average molecular weight is 1960 g/mol. The van der Waals surface area contributed by atoms with Crippen LogP contribution in [-0.4, -0.2) is 47.3 Å². The Labute approximate surface area is 846 Å². The maximum atomic E-state index is 12.6. The van der Waals surface area contributed by atoms with E-state index in [1.165, 1.54) is 41.5 Å². The van der Waals surface area contributed by atoms with E-state index in [9.17, 15) is 38.4 Å². The largest absolute Gasteiger partial charge is 0.459 e. The molecule has 22 nitrogen and oxygen atoms in total. The molecule has 0 aliphatic rings. The SMILES string of the molecule is Cc1cccc(C)c1NC(=O)c1cc2ccccc2o1.Cc1cccc(C)c1NC(=O)c1ccco1.Cc1cccc(C)c1NC(=O)c1cccs1.Cc1ccccc1NC(=O)c1cc2ccccc2o1.Cc1ccccc1NC(=O)c1ccco1.Cc1ccccc1NC(=O)c1cccs1.O=C(Nc1ccccc1-c1ccccc1)c1cc2ccccc2o1.O=C(Nc1ccccc1-c1ccccc1)c1ccco1. The summed E-state index contributed by atoms with van der Waals surface area (Å²) in [5.41, 5.74) is 22.3. The summed E-state index contributed by atoms with van der Waals surface area (Å²) >= 11 is 2.89. The molecule has 145 heavy (non-hydrogen) atoms. The maximum Gasteiger partial charge on any atom is 0.291 e. The Balaban J connectivity index is 0.000000132. The van der Waals surface area contributed by atoms with Crippen molar-refractivity contribution in [3.63, 3.8) is 0 Å². The smallest absolute Gasteiger partial charge is 0.291 e. The van der Waals surface area contributed by atoms with Crippen molar-refractivity contribution < 1.29 is 64.9 Å². The van der Waals surface area contributed by atoms with Crippen LogP contribution in [0.4, 0.5) is 45.5 Å². The normalized spacial score (nSPS) is 10.3. The molecule has 0 saturated heterocycles. The number of carbonyl (C=O) groups excluding carboxylic acids is 8. The molecule has 0 atom stereocenters. The summed E-state index contributed by atoms with van der Waals surface area (Å²) in [6, 6.07) is 122. The number of hydrogen-bond donors (Lipinski definition) is 8. The zero-order valence-corrected chi connectivity index (χ0v) is 82.5. The lowest BCUT2D eigenvalue weighted by atomic mass is 10.0. The van der Waals surface area contributed by atoms with E-state index in [0.717, 1.165) is 155 Å². The molecule has 0 spiro atoms. The fraction of sp³-hybridized carbons (Fsp3) is 0.0744. The first-order valence-corrected chi connectivity index (χ1v) is 48.0. The second-order valence-electron chi connectivity index (χ2n) is 33.0. The highest BCUT2D eigenvalue weighted by Gasteiger charge is 2.21. The highest BCUT2D eigenvalue weighted by atomic mass is 32.1. The number of nitrogens with one attached hydrogen (secondary N) is 8. The third-order valence-corrected chi connectivity index (χ3v) is 24.3. The third kappa shape index (κ3) is 28.6. The predicted molar refractivity (Wildman–Crippen MR) is 582 cm³/mol. The van der Waals surface area contributed by atoms with E-state index in [4.69, 9.17) is 26.5 Å². The fourth-order valence-electron chi connectivity index (χ4n) is 14.9. The van der Waals surface area contributed by atoms with Crippen LogP contribution in [0.1, 0.15) is 133 Å². The zero-order valence-electron chi connectivity index (χ0n) is 80.9. The molecule has 13 aromatic carbocycles. The van der Waals surface area contributed by atoms with Gasteiger partial charge < -0.3 is 69.0 Å². The molecule has 0 radical (unpaired) electrons. The van der Waals surface area contributed by atoms with Crippen LogP contribution in [0.25, 0.3) is 55.2 Å². The third-order valence-electron chi connectivity index (χ3n) is 22.5. The first-order valence-electron chi connectivity index (χ1n) is 46.2. The molecule has 8 aromatic heterocycles. The van der Waals surface area contributed by atoms with Crippen molar-refractivity contribution in [3.8, 4) is 22.3 Å². The summed E-state index contributed by atoms with van der Waals surface area (Å²) in [5, 5.41) is 29.6. The van der Waals surface area contributed by atoms with Crippen LogP contribution in [0.3, 0.4) is 0 Å². The van der Waals surface area contributed by atoms with Gasteiger partial charge in [0, 0.05) is 72.8 Å². The first-order chi connectivity index (χ1) is 70.4. The number of thiophene rings is 2. The topological polar surface area (TPSA) is 312 Å². The Hall–Kier alpha value is -18.5. The van der Waals surface area contributed by atoms with Crippen molar-refractivity contribution in [2.45, 2.75) is 62.3 Å². The fourth-order valence-corrected chi connectivity index (χ4v) is 16.1.